The lowest BCUT2D eigenvalue weighted by atomic mass is 9.90. The molecule has 0 aliphatic rings. The van der Waals surface area contributed by atoms with Crippen LogP contribution in [-0.4, -0.2) is 20.0 Å². The molecule has 2 N–H and O–H groups in total. The summed E-state index contributed by atoms with van der Waals surface area (Å²) >= 11 is 0. The molecule has 0 saturated carbocycles. The predicted molar refractivity (Wildman–Crippen MR) is 101 cm³/mol. The van der Waals surface area contributed by atoms with E-state index < -0.39 is 0 Å². The van der Waals surface area contributed by atoms with Crippen LogP contribution >= 0.6 is 0 Å². The highest BCUT2D eigenvalue weighted by atomic mass is 16.5. The van der Waals surface area contributed by atoms with E-state index in [1.165, 1.54) is 0 Å². The summed E-state index contributed by atoms with van der Waals surface area (Å²) in [6.07, 6.45) is 0. The number of carbonyl (C=O) groups is 1. The minimum atomic E-state index is -0.264. The van der Waals surface area contributed by atoms with Gasteiger partial charge in [-0.1, -0.05) is 31.2 Å². The summed E-state index contributed by atoms with van der Waals surface area (Å²) in [6, 6.07) is 17.1. The van der Waals surface area contributed by atoms with Crippen LogP contribution in [0.25, 0.3) is 10.8 Å². The number of nitrogen functional groups attached to an aromatic ring is 1. The van der Waals surface area contributed by atoms with Crippen molar-refractivity contribution in [3.05, 3.63) is 65.7 Å². The number of nitrogens with two attached hydrogens (primary N) is 1. The second-order valence-corrected chi connectivity index (χ2v) is 6.02. The fourth-order valence-electron chi connectivity index (χ4n) is 2.90. The van der Waals surface area contributed by atoms with Crippen molar-refractivity contribution in [1.29, 1.82) is 0 Å². The number of rotatable bonds is 5. The Labute approximate surface area is 147 Å². The molecule has 3 rings (SSSR count). The summed E-state index contributed by atoms with van der Waals surface area (Å²) in [4.78, 5) is 12.8. The Balaban J connectivity index is 1.93. The average Bonchev–Trinajstić information content (AvgIpc) is 2.66. The number of carbonyl (C=O) groups excluding carboxylic acids is 1. The molecule has 4 nitrogen and oxygen atoms in total. The Morgan fingerprint density at radius 1 is 0.920 bits per heavy atom. The lowest BCUT2D eigenvalue weighted by Gasteiger charge is -2.14. The first-order valence-electron chi connectivity index (χ1n) is 8.09. The maximum atomic E-state index is 12.8. The quantitative estimate of drug-likeness (QED) is 0.553. The summed E-state index contributed by atoms with van der Waals surface area (Å²) in [7, 11) is 3.19. The van der Waals surface area contributed by atoms with Crippen molar-refractivity contribution in [3.63, 3.8) is 0 Å². The van der Waals surface area contributed by atoms with Crippen LogP contribution in [-0.2, 0) is 0 Å². The molecule has 0 amide bonds. The van der Waals surface area contributed by atoms with E-state index in [-0.39, 0.29) is 11.7 Å². The molecule has 0 spiro atoms. The first kappa shape index (κ1) is 16.8. The van der Waals surface area contributed by atoms with Gasteiger partial charge in [-0.25, -0.2) is 0 Å². The first-order valence-corrected chi connectivity index (χ1v) is 8.09. The summed E-state index contributed by atoms with van der Waals surface area (Å²) in [5, 5.41) is 2.16. The van der Waals surface area contributed by atoms with Gasteiger partial charge in [-0.3, -0.25) is 4.79 Å². The molecule has 0 radical (unpaired) electrons. The number of hydrogen-bond donors (Lipinski definition) is 1. The molecule has 128 valence electrons. The number of hydrogen-bond acceptors (Lipinski definition) is 4. The lowest BCUT2D eigenvalue weighted by Crippen LogP contribution is -2.10. The molecule has 3 aromatic carbocycles. The monoisotopic (exact) mass is 335 g/mol. The minimum absolute atomic E-state index is 0.0335. The molecule has 3 aromatic rings. The van der Waals surface area contributed by atoms with Crippen molar-refractivity contribution in [1.82, 2.24) is 0 Å². The van der Waals surface area contributed by atoms with E-state index in [2.05, 4.69) is 0 Å². The predicted octanol–water partition coefficient (Wildman–Crippen LogP) is 4.43. The zero-order chi connectivity index (χ0) is 18.0. The molecule has 0 saturated heterocycles. The van der Waals surface area contributed by atoms with E-state index in [1.54, 1.807) is 32.4 Å². The van der Waals surface area contributed by atoms with Crippen LogP contribution in [0.15, 0.2) is 54.6 Å². The third-order valence-electron chi connectivity index (χ3n) is 4.48. The Kier molecular flexibility index (Phi) is 4.61. The maximum absolute atomic E-state index is 12.8. The van der Waals surface area contributed by atoms with Gasteiger partial charge < -0.3 is 15.2 Å². The largest absolute Gasteiger partial charge is 0.497 e. The number of ketones is 1. The molecular formula is C21H21NO3. The maximum Gasteiger partial charge on any atom is 0.170 e. The Hall–Kier alpha value is -3.01. The van der Waals surface area contributed by atoms with Gasteiger partial charge in [0.15, 0.2) is 5.78 Å². The van der Waals surface area contributed by atoms with Crippen LogP contribution in [0.1, 0.15) is 28.8 Å². The van der Waals surface area contributed by atoms with E-state index in [4.69, 9.17) is 15.2 Å². The van der Waals surface area contributed by atoms with E-state index in [1.807, 2.05) is 43.3 Å². The molecule has 25 heavy (non-hydrogen) atoms. The SMILES string of the molecule is COc1ccc2cc(C(C)C(=O)c3ccc(N)c(OC)c3)ccc2c1. The van der Waals surface area contributed by atoms with E-state index >= 15 is 0 Å². The van der Waals surface area contributed by atoms with Crippen LogP contribution < -0.4 is 15.2 Å². The van der Waals surface area contributed by atoms with Gasteiger partial charge in [-0.05, 0) is 46.7 Å². The summed E-state index contributed by atoms with van der Waals surface area (Å²) < 4.78 is 10.5. The molecule has 1 unspecified atom stereocenters. The highest BCUT2D eigenvalue weighted by Crippen LogP contribution is 2.29. The van der Waals surface area contributed by atoms with Crippen molar-refractivity contribution >= 4 is 22.2 Å². The molecule has 4 heteroatoms. The van der Waals surface area contributed by atoms with Gasteiger partial charge in [0, 0.05) is 11.5 Å². The highest BCUT2D eigenvalue weighted by Gasteiger charge is 2.18. The second kappa shape index (κ2) is 6.85. The molecule has 1 atom stereocenters. The summed E-state index contributed by atoms with van der Waals surface area (Å²) in [5.74, 6) is 1.10. The van der Waals surface area contributed by atoms with Gasteiger partial charge in [0.25, 0.3) is 0 Å². The van der Waals surface area contributed by atoms with E-state index in [0.29, 0.717) is 17.0 Å². The summed E-state index contributed by atoms with van der Waals surface area (Å²) in [5.41, 5.74) is 7.91. The fraction of sp³-hybridized carbons (Fsp3) is 0.190. The van der Waals surface area contributed by atoms with Crippen molar-refractivity contribution in [2.24, 2.45) is 0 Å². The summed E-state index contributed by atoms with van der Waals surface area (Å²) in [6.45, 7) is 1.91. The normalized spacial score (nSPS) is 12.0. The second-order valence-electron chi connectivity index (χ2n) is 6.02. The zero-order valence-electron chi connectivity index (χ0n) is 14.6. The van der Waals surface area contributed by atoms with Crippen molar-refractivity contribution < 1.29 is 14.3 Å². The zero-order valence-corrected chi connectivity index (χ0v) is 14.6. The Morgan fingerprint density at radius 2 is 1.64 bits per heavy atom. The van der Waals surface area contributed by atoms with Crippen LogP contribution in [0.5, 0.6) is 11.5 Å². The molecule has 0 aliphatic carbocycles. The van der Waals surface area contributed by atoms with Crippen molar-refractivity contribution in [3.8, 4) is 11.5 Å². The van der Waals surface area contributed by atoms with Crippen molar-refractivity contribution in [2.45, 2.75) is 12.8 Å². The number of fused-ring (bicyclic) bond motifs is 1. The molecule has 0 bridgehead atoms. The highest BCUT2D eigenvalue weighted by molar-refractivity contribution is 6.02. The van der Waals surface area contributed by atoms with Gasteiger partial charge in [0.2, 0.25) is 0 Å². The lowest BCUT2D eigenvalue weighted by molar-refractivity contribution is 0.0966. The Morgan fingerprint density at radius 3 is 2.36 bits per heavy atom. The number of ether oxygens (including phenoxy) is 2. The van der Waals surface area contributed by atoms with Crippen molar-refractivity contribution in [2.75, 3.05) is 20.0 Å². The number of Topliss-reactive ketones (excluding diaryl/α,β-unsaturated/α-hetero) is 1. The number of methoxy groups -OCH3 is 2. The van der Waals surface area contributed by atoms with Crippen LogP contribution in [0, 0.1) is 0 Å². The molecule has 0 aromatic heterocycles. The molecular weight excluding hydrogens is 314 g/mol. The first-order chi connectivity index (χ1) is 12.0. The number of anilines is 1. The minimum Gasteiger partial charge on any atom is -0.497 e. The van der Waals surface area contributed by atoms with Gasteiger partial charge in [-0.15, -0.1) is 0 Å². The number of benzene rings is 3. The standard InChI is InChI=1S/C21H21NO3/c1-13(21(23)17-7-9-19(22)20(12-17)25-3)14-4-5-16-11-18(24-2)8-6-15(16)10-14/h4-13H,22H2,1-3H3. The van der Waals surface area contributed by atoms with Crippen LogP contribution in [0.4, 0.5) is 5.69 Å². The fourth-order valence-corrected chi connectivity index (χ4v) is 2.90. The topological polar surface area (TPSA) is 61.5 Å². The van der Waals surface area contributed by atoms with Crippen LogP contribution in [0.3, 0.4) is 0 Å². The smallest absolute Gasteiger partial charge is 0.170 e. The average molecular weight is 335 g/mol. The van der Waals surface area contributed by atoms with Gasteiger partial charge in [0.05, 0.1) is 19.9 Å². The van der Waals surface area contributed by atoms with Gasteiger partial charge >= 0.3 is 0 Å². The van der Waals surface area contributed by atoms with Crippen LogP contribution in [0.2, 0.25) is 0 Å². The molecule has 0 heterocycles. The molecule has 0 aliphatic heterocycles. The Bertz CT molecular complexity index is 934. The van der Waals surface area contributed by atoms with Gasteiger partial charge in [0.1, 0.15) is 11.5 Å². The third kappa shape index (κ3) is 3.29. The van der Waals surface area contributed by atoms with Gasteiger partial charge in [-0.2, -0.15) is 0 Å². The van der Waals surface area contributed by atoms with E-state index in [0.717, 1.165) is 22.1 Å². The molecule has 0 fully saturated rings. The van der Waals surface area contributed by atoms with E-state index in [9.17, 15) is 4.79 Å². The third-order valence-corrected chi connectivity index (χ3v) is 4.48.